The molecule has 0 radical (unpaired) electrons. The second-order valence-corrected chi connectivity index (χ2v) is 14.3. The fourth-order valence-corrected chi connectivity index (χ4v) is 7.72. The van der Waals surface area contributed by atoms with Crippen LogP contribution in [0.4, 0.5) is 0 Å². The van der Waals surface area contributed by atoms with Crippen molar-refractivity contribution >= 4 is 66.4 Å². The lowest BCUT2D eigenvalue weighted by atomic mass is 9.91. The Labute approximate surface area is 271 Å². The molecule has 2 saturated heterocycles. The van der Waals surface area contributed by atoms with Crippen LogP contribution in [0.15, 0.2) is 16.8 Å². The van der Waals surface area contributed by atoms with Gasteiger partial charge < -0.3 is 30.8 Å². The van der Waals surface area contributed by atoms with Gasteiger partial charge in [-0.1, -0.05) is 19.9 Å². The van der Waals surface area contributed by atoms with Crippen LogP contribution in [-0.4, -0.2) is 66.2 Å². The van der Waals surface area contributed by atoms with Crippen LogP contribution in [0.2, 0.25) is 0 Å². The summed E-state index contributed by atoms with van der Waals surface area (Å²) in [4.78, 5) is 55.3. The third kappa shape index (κ3) is 6.81. The van der Waals surface area contributed by atoms with E-state index in [1.165, 1.54) is 0 Å². The van der Waals surface area contributed by atoms with Crippen molar-refractivity contribution in [1.29, 1.82) is 0 Å². The Morgan fingerprint density at radius 3 is 2.40 bits per heavy atom. The quantitative estimate of drug-likeness (QED) is 0.145. The fourth-order valence-electron chi connectivity index (χ4n) is 6.57. The van der Waals surface area contributed by atoms with Crippen molar-refractivity contribution in [2.75, 3.05) is 5.75 Å². The predicted octanol–water partition coefficient (Wildman–Crippen LogP) is 2.57. The standard InChI is InChI=1S/C33H40N4O6S2/c1-14-19(6-8-28(38)39)24(34-21(14)10-23-16(3)31(27-13-45-27)33(43)36-23)12-25-20(7-9-29(40)41)15(2)22(35-25)11-26-30(18(5)44)17(4)32(42)37-26/h6,11-12,17-18,23,27,30,34-35,44H,7-10,13H2,1-5H3,(H,36,43)(H,37,42)(H,38,39)(H,40,41)/b19-6+,24-12+,26-11-/t17-,18+,23-,27-,30+/m1/s1. The number of nitrogens with one attached hydrogen (secondary N) is 4. The van der Waals surface area contributed by atoms with Gasteiger partial charge in [-0.25, -0.2) is 0 Å². The number of aliphatic carboxylic acids is 2. The average Bonchev–Trinajstić information content (AvgIpc) is 3.52. The van der Waals surface area contributed by atoms with Crippen LogP contribution in [0.1, 0.15) is 67.4 Å². The average molecular weight is 653 g/mol. The Bertz CT molecular complexity index is 1760. The largest absolute Gasteiger partial charge is 0.481 e. The molecule has 5 atom stereocenters. The van der Waals surface area contributed by atoms with Gasteiger partial charge in [0.15, 0.2) is 0 Å². The number of aromatic amines is 2. The Balaban J connectivity index is 1.60. The van der Waals surface area contributed by atoms with Gasteiger partial charge in [-0.05, 0) is 66.8 Å². The molecule has 10 nitrogen and oxygen atoms in total. The normalized spacial score (nSPS) is 25.3. The van der Waals surface area contributed by atoms with Crippen LogP contribution < -0.4 is 21.2 Å². The van der Waals surface area contributed by atoms with Crippen molar-refractivity contribution in [3.05, 3.63) is 61.2 Å². The molecule has 2 aromatic rings. The molecule has 2 amide bonds. The van der Waals surface area contributed by atoms with Gasteiger partial charge in [0.25, 0.3) is 0 Å². The molecule has 3 aliphatic rings. The number of hydrogen-bond donors (Lipinski definition) is 7. The lowest BCUT2D eigenvalue weighted by Crippen LogP contribution is -2.31. The lowest BCUT2D eigenvalue weighted by Gasteiger charge is -2.17. The molecule has 0 bridgehead atoms. The zero-order valence-corrected chi connectivity index (χ0v) is 27.7. The minimum Gasteiger partial charge on any atom is -0.481 e. The Morgan fingerprint density at radius 2 is 1.78 bits per heavy atom. The summed E-state index contributed by atoms with van der Waals surface area (Å²) in [5, 5.41) is 26.7. The number of hydrogen-bond acceptors (Lipinski definition) is 6. The SMILES string of the molecule is CC1=C([C@H]2CS2)C(=O)N[C@@H]1Cc1[nH]c(=C/c2[nH]c(/C=C3\NC(=O)[C@H](C)[C@H]3[C@H](C)S)c(C)c2CCC(=O)O)/c(=C/CC(=O)O)c1C. The molecular formula is C33H40N4O6S2. The molecule has 6 N–H and O–H groups in total. The molecule has 0 aromatic carbocycles. The van der Waals surface area contributed by atoms with Gasteiger partial charge >= 0.3 is 11.9 Å². The Morgan fingerprint density at radius 1 is 1.07 bits per heavy atom. The number of aromatic nitrogens is 2. The number of carbonyl (C=O) groups is 4. The molecule has 5 rings (SSSR count). The van der Waals surface area contributed by atoms with Gasteiger partial charge in [0.2, 0.25) is 11.8 Å². The van der Waals surface area contributed by atoms with Gasteiger partial charge in [0, 0.05) is 74.6 Å². The second-order valence-electron chi connectivity index (χ2n) is 12.2. The predicted molar refractivity (Wildman–Crippen MR) is 178 cm³/mol. The van der Waals surface area contributed by atoms with Crippen LogP contribution in [0.5, 0.6) is 0 Å². The summed E-state index contributed by atoms with van der Waals surface area (Å²) in [6, 6.07) is -0.158. The number of thiol groups is 1. The molecular weight excluding hydrogens is 613 g/mol. The molecule has 0 spiro atoms. The number of rotatable bonds is 11. The van der Waals surface area contributed by atoms with Gasteiger partial charge in [-0.3, -0.25) is 19.2 Å². The number of allylic oxidation sites excluding steroid dienone is 1. The van der Waals surface area contributed by atoms with Crippen LogP contribution in [-0.2, 0) is 32.0 Å². The van der Waals surface area contributed by atoms with E-state index in [9.17, 15) is 29.4 Å². The monoisotopic (exact) mass is 652 g/mol. The minimum atomic E-state index is -0.955. The molecule has 0 saturated carbocycles. The molecule has 0 unspecified atom stereocenters. The van der Waals surface area contributed by atoms with Crippen molar-refractivity contribution in [3.8, 4) is 0 Å². The molecule has 5 heterocycles. The highest BCUT2D eigenvalue weighted by Crippen LogP contribution is 2.40. The van der Waals surface area contributed by atoms with Crippen LogP contribution in [0.3, 0.4) is 0 Å². The van der Waals surface area contributed by atoms with E-state index >= 15 is 0 Å². The van der Waals surface area contributed by atoms with Crippen LogP contribution >= 0.6 is 24.4 Å². The summed E-state index contributed by atoms with van der Waals surface area (Å²) in [6.45, 7) is 9.70. The first kappa shape index (κ1) is 32.7. The summed E-state index contributed by atoms with van der Waals surface area (Å²) in [7, 11) is 0. The number of carbonyl (C=O) groups excluding carboxylic acids is 2. The highest BCUT2D eigenvalue weighted by Gasteiger charge is 2.40. The van der Waals surface area contributed by atoms with Crippen LogP contribution in [0.25, 0.3) is 18.2 Å². The number of thioether (sulfide) groups is 1. The van der Waals surface area contributed by atoms with E-state index in [1.54, 1.807) is 17.8 Å². The summed E-state index contributed by atoms with van der Waals surface area (Å²) in [5.41, 5.74) is 7.60. The molecule has 2 aromatic heterocycles. The summed E-state index contributed by atoms with van der Waals surface area (Å²) in [5.74, 6) is -1.32. The maximum absolute atomic E-state index is 12.7. The van der Waals surface area contributed by atoms with Gasteiger partial charge in [-0.2, -0.15) is 24.4 Å². The lowest BCUT2D eigenvalue weighted by molar-refractivity contribution is -0.137. The van der Waals surface area contributed by atoms with Gasteiger partial charge in [-0.15, -0.1) is 0 Å². The summed E-state index contributed by atoms with van der Waals surface area (Å²) < 4.78 is 0. The van der Waals surface area contributed by atoms with Crippen molar-refractivity contribution < 1.29 is 29.4 Å². The third-order valence-electron chi connectivity index (χ3n) is 9.20. The van der Waals surface area contributed by atoms with E-state index in [-0.39, 0.29) is 59.5 Å². The molecule has 2 fully saturated rings. The third-order valence-corrected chi connectivity index (χ3v) is 10.4. The van der Waals surface area contributed by atoms with Crippen molar-refractivity contribution in [2.45, 2.75) is 76.8 Å². The highest BCUT2D eigenvalue weighted by molar-refractivity contribution is 8.07. The van der Waals surface area contributed by atoms with E-state index < -0.39 is 11.9 Å². The van der Waals surface area contributed by atoms with Crippen molar-refractivity contribution in [1.82, 2.24) is 20.6 Å². The molecule has 12 heteroatoms. The highest BCUT2D eigenvalue weighted by atomic mass is 32.2. The van der Waals surface area contributed by atoms with Crippen molar-refractivity contribution in [3.63, 3.8) is 0 Å². The number of carboxylic acid groups (broad SMARTS) is 2. The van der Waals surface area contributed by atoms with E-state index in [0.29, 0.717) is 17.5 Å². The maximum atomic E-state index is 12.7. The van der Waals surface area contributed by atoms with E-state index in [2.05, 4.69) is 33.2 Å². The van der Waals surface area contributed by atoms with Gasteiger partial charge in [0.1, 0.15) is 0 Å². The fraction of sp³-hybridized carbons (Fsp3) is 0.455. The molecule has 45 heavy (non-hydrogen) atoms. The summed E-state index contributed by atoms with van der Waals surface area (Å²) >= 11 is 6.39. The number of H-pyrrole nitrogens is 2. The smallest absolute Gasteiger partial charge is 0.307 e. The zero-order chi connectivity index (χ0) is 32.7. The minimum absolute atomic E-state index is 0.0184. The van der Waals surface area contributed by atoms with E-state index in [4.69, 9.17) is 0 Å². The van der Waals surface area contributed by atoms with E-state index in [0.717, 1.165) is 55.9 Å². The Hall–Kier alpha value is -3.64. The first-order chi connectivity index (χ1) is 21.3. The van der Waals surface area contributed by atoms with Gasteiger partial charge in [0.05, 0.1) is 12.5 Å². The zero-order valence-electron chi connectivity index (χ0n) is 26.0. The van der Waals surface area contributed by atoms with Crippen molar-refractivity contribution in [2.24, 2.45) is 11.8 Å². The Kier molecular flexibility index (Phi) is 9.46. The summed E-state index contributed by atoms with van der Waals surface area (Å²) in [6.07, 6.45) is 6.05. The number of carboxylic acids is 2. The molecule has 3 aliphatic heterocycles. The maximum Gasteiger partial charge on any atom is 0.307 e. The van der Waals surface area contributed by atoms with Crippen LogP contribution in [0, 0.1) is 25.7 Å². The molecule has 240 valence electrons. The topological polar surface area (TPSA) is 164 Å². The number of amides is 2. The first-order valence-electron chi connectivity index (χ1n) is 15.1. The van der Waals surface area contributed by atoms with E-state index in [1.807, 2.05) is 46.8 Å². The molecule has 0 aliphatic carbocycles. The second kappa shape index (κ2) is 13.0. The first-order valence-corrected chi connectivity index (χ1v) is 16.7.